The molecule has 21 heavy (non-hydrogen) atoms. The molecular weight excluding hydrogens is 268 g/mol. The van der Waals surface area contributed by atoms with Crippen LogP contribution in [0.2, 0.25) is 0 Å². The molecule has 114 valence electrons. The number of hydrogen-bond acceptors (Lipinski definition) is 5. The van der Waals surface area contributed by atoms with Gasteiger partial charge in [-0.3, -0.25) is 10.2 Å². The highest BCUT2D eigenvalue weighted by molar-refractivity contribution is 5.76. The van der Waals surface area contributed by atoms with Gasteiger partial charge in [-0.05, 0) is 24.8 Å². The number of fused-ring (bicyclic) bond motifs is 1. The van der Waals surface area contributed by atoms with Gasteiger partial charge >= 0.3 is 5.97 Å². The van der Waals surface area contributed by atoms with Crippen molar-refractivity contribution in [3.63, 3.8) is 0 Å². The van der Waals surface area contributed by atoms with E-state index in [0.717, 1.165) is 19.3 Å². The molecule has 5 heteroatoms. The molecule has 1 aromatic carbocycles. The number of methoxy groups -OCH3 is 1. The molecule has 2 N–H and O–H groups in total. The van der Waals surface area contributed by atoms with Gasteiger partial charge in [0.25, 0.3) is 0 Å². The molecule has 1 aromatic rings. The molecule has 1 aliphatic carbocycles. The van der Waals surface area contributed by atoms with Crippen molar-refractivity contribution in [3.8, 4) is 0 Å². The summed E-state index contributed by atoms with van der Waals surface area (Å²) in [5.41, 5.74) is 7.46. The van der Waals surface area contributed by atoms with Crippen molar-refractivity contribution in [1.82, 2.24) is 10.9 Å². The molecular formula is C16H22N2O3. The van der Waals surface area contributed by atoms with Crippen molar-refractivity contribution in [2.45, 2.75) is 44.1 Å². The van der Waals surface area contributed by atoms with Crippen LogP contribution in [0.25, 0.3) is 0 Å². The zero-order valence-corrected chi connectivity index (χ0v) is 12.2. The average Bonchev–Trinajstić information content (AvgIpc) is 2.96. The van der Waals surface area contributed by atoms with Crippen LogP contribution in [0.15, 0.2) is 30.3 Å². The molecule has 0 radical (unpaired) electrons. The van der Waals surface area contributed by atoms with Crippen LogP contribution in [0.5, 0.6) is 0 Å². The third kappa shape index (κ3) is 3.26. The first-order valence-corrected chi connectivity index (χ1v) is 7.52. The molecule has 5 nitrogen and oxygen atoms in total. The van der Waals surface area contributed by atoms with Gasteiger partial charge in [0, 0.05) is 12.0 Å². The fourth-order valence-corrected chi connectivity index (χ4v) is 3.32. The number of carbonyl (C=O) groups is 1. The molecule has 2 fully saturated rings. The minimum absolute atomic E-state index is 0.196. The first kappa shape index (κ1) is 14.5. The van der Waals surface area contributed by atoms with Gasteiger partial charge in [0.05, 0.1) is 19.8 Å². The SMILES string of the molecule is COC(=O)C1NNC2CCC(OCc3ccccc3)CC21. The van der Waals surface area contributed by atoms with E-state index in [1.54, 1.807) is 0 Å². The molecule has 0 aromatic heterocycles. The number of hydrogen-bond donors (Lipinski definition) is 2. The van der Waals surface area contributed by atoms with Crippen molar-refractivity contribution in [2.24, 2.45) is 5.92 Å². The van der Waals surface area contributed by atoms with Gasteiger partial charge in [-0.15, -0.1) is 0 Å². The van der Waals surface area contributed by atoms with Crippen LogP contribution in [-0.2, 0) is 20.9 Å². The summed E-state index contributed by atoms with van der Waals surface area (Å²) in [7, 11) is 1.43. The first-order valence-electron chi connectivity index (χ1n) is 7.52. The summed E-state index contributed by atoms with van der Waals surface area (Å²) >= 11 is 0. The van der Waals surface area contributed by atoms with Gasteiger partial charge in [-0.25, -0.2) is 5.43 Å². The van der Waals surface area contributed by atoms with E-state index in [0.29, 0.717) is 12.6 Å². The molecule has 0 spiro atoms. The highest BCUT2D eigenvalue weighted by Crippen LogP contribution is 2.32. The number of rotatable bonds is 4. The van der Waals surface area contributed by atoms with Crippen molar-refractivity contribution >= 4 is 5.97 Å². The van der Waals surface area contributed by atoms with Gasteiger partial charge in [0.1, 0.15) is 6.04 Å². The highest BCUT2D eigenvalue weighted by Gasteiger charge is 2.44. The minimum atomic E-state index is -0.261. The lowest BCUT2D eigenvalue weighted by atomic mass is 9.80. The molecule has 3 rings (SSSR count). The predicted octanol–water partition coefficient (Wildman–Crippen LogP) is 1.39. The number of hydrazine groups is 1. The summed E-state index contributed by atoms with van der Waals surface area (Å²) < 4.78 is 10.9. The second kappa shape index (κ2) is 6.56. The maximum Gasteiger partial charge on any atom is 0.324 e. The molecule has 0 amide bonds. The third-order valence-electron chi connectivity index (χ3n) is 4.49. The van der Waals surface area contributed by atoms with Crippen LogP contribution in [-0.4, -0.2) is 31.3 Å². The lowest BCUT2D eigenvalue weighted by Crippen LogP contribution is -2.41. The zero-order valence-electron chi connectivity index (χ0n) is 12.2. The van der Waals surface area contributed by atoms with Gasteiger partial charge in [-0.1, -0.05) is 30.3 Å². The van der Waals surface area contributed by atoms with E-state index in [2.05, 4.69) is 23.0 Å². The van der Waals surface area contributed by atoms with Gasteiger partial charge in [0.15, 0.2) is 0 Å². The molecule has 1 saturated carbocycles. The largest absolute Gasteiger partial charge is 0.468 e. The fraction of sp³-hybridized carbons (Fsp3) is 0.562. The maximum absolute atomic E-state index is 11.8. The Balaban J connectivity index is 1.56. The maximum atomic E-state index is 11.8. The van der Waals surface area contributed by atoms with Crippen molar-refractivity contribution in [3.05, 3.63) is 35.9 Å². The Morgan fingerprint density at radius 1 is 1.24 bits per heavy atom. The Hall–Kier alpha value is -1.43. The number of carbonyl (C=O) groups excluding carboxylic acids is 1. The molecule has 0 bridgehead atoms. The predicted molar refractivity (Wildman–Crippen MR) is 78.2 cm³/mol. The lowest BCUT2D eigenvalue weighted by molar-refractivity contribution is -0.144. The Morgan fingerprint density at radius 2 is 2.05 bits per heavy atom. The van der Waals surface area contributed by atoms with Gasteiger partial charge in [-0.2, -0.15) is 0 Å². The second-order valence-electron chi connectivity index (χ2n) is 5.79. The monoisotopic (exact) mass is 290 g/mol. The van der Waals surface area contributed by atoms with Crippen LogP contribution in [0.1, 0.15) is 24.8 Å². The van der Waals surface area contributed by atoms with E-state index >= 15 is 0 Å². The average molecular weight is 290 g/mol. The Kier molecular flexibility index (Phi) is 4.53. The number of ether oxygens (including phenoxy) is 2. The Morgan fingerprint density at radius 3 is 2.81 bits per heavy atom. The van der Waals surface area contributed by atoms with Crippen LogP contribution >= 0.6 is 0 Å². The topological polar surface area (TPSA) is 59.6 Å². The highest BCUT2D eigenvalue weighted by atomic mass is 16.5. The van der Waals surface area contributed by atoms with E-state index in [-0.39, 0.29) is 24.0 Å². The minimum Gasteiger partial charge on any atom is -0.468 e. The van der Waals surface area contributed by atoms with Crippen molar-refractivity contribution < 1.29 is 14.3 Å². The number of benzene rings is 1. The lowest BCUT2D eigenvalue weighted by Gasteiger charge is -2.32. The second-order valence-corrected chi connectivity index (χ2v) is 5.79. The first-order chi connectivity index (χ1) is 10.3. The van der Waals surface area contributed by atoms with Crippen LogP contribution in [0.4, 0.5) is 0 Å². The molecule has 4 unspecified atom stereocenters. The van der Waals surface area contributed by atoms with E-state index < -0.39 is 0 Å². The Bertz CT molecular complexity index is 480. The van der Waals surface area contributed by atoms with Crippen LogP contribution in [0, 0.1) is 5.92 Å². The normalized spacial score (nSPS) is 31.7. The van der Waals surface area contributed by atoms with Gasteiger partial charge < -0.3 is 9.47 Å². The molecule has 1 saturated heterocycles. The smallest absolute Gasteiger partial charge is 0.324 e. The van der Waals surface area contributed by atoms with Gasteiger partial charge in [0.2, 0.25) is 0 Å². The summed E-state index contributed by atoms with van der Waals surface area (Å²) in [4.78, 5) is 11.8. The van der Waals surface area contributed by atoms with Crippen LogP contribution in [0.3, 0.4) is 0 Å². The van der Waals surface area contributed by atoms with Crippen LogP contribution < -0.4 is 10.9 Å². The quantitative estimate of drug-likeness (QED) is 0.821. The summed E-state index contributed by atoms with van der Waals surface area (Å²) in [6, 6.07) is 10.3. The van der Waals surface area contributed by atoms with Crippen molar-refractivity contribution in [1.29, 1.82) is 0 Å². The number of nitrogens with one attached hydrogen (secondary N) is 2. The van der Waals surface area contributed by atoms with E-state index in [1.165, 1.54) is 12.7 Å². The summed E-state index contributed by atoms with van der Waals surface area (Å²) in [5, 5.41) is 0. The van der Waals surface area contributed by atoms with E-state index in [1.807, 2.05) is 18.2 Å². The fourth-order valence-electron chi connectivity index (χ4n) is 3.32. The standard InChI is InChI=1S/C16H22N2O3/c1-20-16(19)15-13-9-12(7-8-14(13)17-18-15)21-10-11-5-3-2-4-6-11/h2-6,12-15,17-18H,7-10H2,1H3. The molecule has 1 aliphatic heterocycles. The molecule has 1 heterocycles. The molecule has 2 aliphatic rings. The van der Waals surface area contributed by atoms with E-state index in [4.69, 9.17) is 9.47 Å². The summed E-state index contributed by atoms with van der Waals surface area (Å²) in [6.45, 7) is 0.632. The summed E-state index contributed by atoms with van der Waals surface area (Å²) in [5.74, 6) is 0.0469. The third-order valence-corrected chi connectivity index (χ3v) is 4.49. The molecule has 4 atom stereocenters. The Labute approximate surface area is 125 Å². The van der Waals surface area contributed by atoms with Crippen molar-refractivity contribution in [2.75, 3.05) is 7.11 Å². The number of esters is 1. The van der Waals surface area contributed by atoms with E-state index in [9.17, 15) is 4.79 Å². The summed E-state index contributed by atoms with van der Waals surface area (Å²) in [6.07, 6.45) is 3.14. The zero-order chi connectivity index (χ0) is 14.7.